The van der Waals surface area contributed by atoms with E-state index < -0.39 is 0 Å². The number of benzene rings is 6. The van der Waals surface area contributed by atoms with Crippen LogP contribution in [0.4, 0.5) is 45.5 Å². The summed E-state index contributed by atoms with van der Waals surface area (Å²) < 4.78 is 7.85. The molecule has 0 spiro atoms. The lowest BCUT2D eigenvalue weighted by Gasteiger charge is -2.51. The number of furan rings is 1. The molecule has 0 radical (unpaired) electrons. The molecule has 3 aliphatic heterocycles. The van der Waals surface area contributed by atoms with E-state index in [2.05, 4.69) is 222 Å². The van der Waals surface area contributed by atoms with Crippen LogP contribution >= 0.6 is 0 Å². The minimum atomic E-state index is -0.138. The Morgan fingerprint density at radius 2 is 1.04 bits per heavy atom. The van der Waals surface area contributed by atoms with Crippen LogP contribution in [0.15, 0.2) is 108 Å². The first-order valence-electron chi connectivity index (χ1n) is 30.4. The van der Waals surface area contributed by atoms with E-state index in [0.717, 1.165) is 30.5 Å². The van der Waals surface area contributed by atoms with E-state index in [0.29, 0.717) is 0 Å². The Hall–Kier alpha value is -5.68. The molecule has 4 atom stereocenters. The molecule has 6 aromatic carbocycles. The lowest BCUT2D eigenvalue weighted by atomic mass is 9.35. The molecule has 4 heterocycles. The van der Waals surface area contributed by atoms with Crippen molar-refractivity contribution in [3.8, 4) is 0 Å². The van der Waals surface area contributed by atoms with E-state index in [4.69, 9.17) is 4.42 Å². The number of rotatable bonds is 3. The van der Waals surface area contributed by atoms with Gasteiger partial charge in [-0.3, -0.25) is 0 Å². The monoisotopic (exact) mass is 1030 g/mol. The Kier molecular flexibility index (Phi) is 9.62. The van der Waals surface area contributed by atoms with E-state index in [-0.39, 0.29) is 55.6 Å². The summed E-state index contributed by atoms with van der Waals surface area (Å²) in [5.74, 6) is 0. The van der Waals surface area contributed by atoms with Gasteiger partial charge in [0.05, 0.1) is 16.9 Å². The molecule has 78 heavy (non-hydrogen) atoms. The molecular weight excluding hydrogens is 946 g/mol. The molecule has 15 rings (SSSR count). The molecule has 400 valence electrons. The topological polar surface area (TPSA) is 22.9 Å². The van der Waals surface area contributed by atoms with Crippen molar-refractivity contribution in [3.63, 3.8) is 0 Å². The maximum Gasteiger partial charge on any atom is 0.297 e. The first-order valence-corrected chi connectivity index (χ1v) is 30.4. The zero-order valence-electron chi connectivity index (χ0n) is 49.9. The van der Waals surface area contributed by atoms with Crippen LogP contribution in [0, 0.1) is 0 Å². The van der Waals surface area contributed by atoms with Crippen molar-refractivity contribution in [3.05, 3.63) is 148 Å². The fraction of sp³-hybridized carbons (Fsp3) is 0.479. The highest BCUT2D eigenvalue weighted by Gasteiger charge is 2.59. The van der Waals surface area contributed by atoms with E-state index in [1.165, 1.54) is 152 Å². The summed E-state index contributed by atoms with van der Waals surface area (Å²) in [6, 6.07) is 42.6. The van der Waals surface area contributed by atoms with Crippen LogP contribution in [0.2, 0.25) is 0 Å². The number of hydrogen-bond acceptors (Lipinski definition) is 4. The minimum Gasteiger partial charge on any atom is -0.468 e. The molecule has 2 bridgehead atoms. The van der Waals surface area contributed by atoms with Crippen molar-refractivity contribution in [2.24, 2.45) is 0 Å². The lowest BCUT2D eigenvalue weighted by molar-refractivity contribution is 0.195. The molecule has 7 aromatic rings. The van der Waals surface area contributed by atoms with Gasteiger partial charge in [-0.1, -0.05) is 152 Å². The van der Waals surface area contributed by atoms with E-state index >= 15 is 0 Å². The van der Waals surface area contributed by atoms with Gasteiger partial charge in [-0.2, -0.15) is 0 Å². The summed E-state index contributed by atoms with van der Waals surface area (Å²) in [4.78, 5) is 8.29. The Bertz CT molecular complexity index is 3770. The van der Waals surface area contributed by atoms with Gasteiger partial charge in [0.25, 0.3) is 6.71 Å². The second kappa shape index (κ2) is 15.2. The van der Waals surface area contributed by atoms with Crippen molar-refractivity contribution in [2.45, 2.75) is 223 Å². The van der Waals surface area contributed by atoms with Crippen LogP contribution in [0.5, 0.6) is 0 Å². The lowest BCUT2D eigenvalue weighted by Crippen LogP contribution is -2.61. The molecule has 0 saturated heterocycles. The molecular formula is C73H84BN3O. The van der Waals surface area contributed by atoms with Crippen molar-refractivity contribution >= 4 is 79.8 Å². The smallest absolute Gasteiger partial charge is 0.297 e. The molecule has 4 nitrogen and oxygen atoms in total. The number of fused-ring (bicyclic) bond motifs is 16. The highest BCUT2D eigenvalue weighted by molar-refractivity contribution is 7.00. The quantitative estimate of drug-likeness (QED) is 0.165. The summed E-state index contributed by atoms with van der Waals surface area (Å²) in [5, 5.41) is 1.25. The molecule has 5 heteroatoms. The number of anilines is 8. The molecule has 1 aromatic heterocycles. The average Bonchev–Trinajstić information content (AvgIpc) is 3.00. The summed E-state index contributed by atoms with van der Waals surface area (Å²) in [6.45, 7) is 37.1. The van der Waals surface area contributed by atoms with Crippen molar-refractivity contribution < 1.29 is 4.42 Å². The highest BCUT2D eigenvalue weighted by atomic mass is 16.3. The average molecular weight is 1030 g/mol. The molecule has 4 unspecified atom stereocenters. The molecule has 2 fully saturated rings. The van der Waals surface area contributed by atoms with Crippen molar-refractivity contribution in [1.82, 2.24) is 0 Å². The molecule has 5 aliphatic carbocycles. The zero-order chi connectivity index (χ0) is 54.4. The first kappa shape index (κ1) is 49.4. The standard InChI is InChI=1S/C73H84BN3O/c1-65(2,3)44-22-24-45(25-23-44)76-60-38-47(77-57-21-17-16-20-50(57)72(14)28-18-19-29-73(72,77)15)37-59-62(60)74(64-63(76)48-39-54-55(42-61(48)78-64)71(13)35-34-70(54,12)43-71)56-40-52-53(69(10,11)33-32-68(52,8)9)41-58(56)75(59)46-26-27-49-51(36-46)67(6,7)31-30-66(49,4)5/h16-17,20-27,36-42H,18-19,28-35,43H2,1-15H3. The summed E-state index contributed by atoms with van der Waals surface area (Å²) >= 11 is 0. The Balaban J connectivity index is 1.10. The first-order chi connectivity index (χ1) is 36.7. The van der Waals surface area contributed by atoms with E-state index in [9.17, 15) is 0 Å². The maximum atomic E-state index is 7.85. The third-order valence-corrected chi connectivity index (χ3v) is 23.4. The van der Waals surface area contributed by atoms with Crippen LogP contribution in [0.25, 0.3) is 11.0 Å². The van der Waals surface area contributed by atoms with Gasteiger partial charge < -0.3 is 19.1 Å². The van der Waals surface area contributed by atoms with Crippen LogP contribution in [0.1, 0.15) is 219 Å². The maximum absolute atomic E-state index is 7.85. The van der Waals surface area contributed by atoms with Gasteiger partial charge in [0.2, 0.25) is 0 Å². The molecule has 0 N–H and O–H groups in total. The second-order valence-electron chi connectivity index (χ2n) is 31.2. The molecule has 0 amide bonds. The SMILES string of the molecule is CC(C)(C)c1ccc(N2c3cc(N4c5ccccc5C5(C)CCCCC45C)cc4c3B(c3cc5c(cc3N4c3ccc4c(c3)C(C)(C)CCC4(C)C)C(C)(C)CCC5(C)C)c3oc4cc5c(cc4c32)C2(C)CCC5(C)C2)cc1. The third kappa shape index (κ3) is 6.32. The van der Waals surface area contributed by atoms with Gasteiger partial charge >= 0.3 is 0 Å². The van der Waals surface area contributed by atoms with Crippen LogP contribution in [0.3, 0.4) is 0 Å². The number of hydrogen-bond donors (Lipinski definition) is 0. The van der Waals surface area contributed by atoms with E-state index in [1.54, 1.807) is 5.56 Å². The largest absolute Gasteiger partial charge is 0.468 e. The normalized spacial score (nSPS) is 27.9. The predicted molar refractivity (Wildman–Crippen MR) is 331 cm³/mol. The second-order valence-corrected chi connectivity index (χ2v) is 31.2. The summed E-state index contributed by atoms with van der Waals surface area (Å²) in [6.07, 6.45) is 13.2. The summed E-state index contributed by atoms with van der Waals surface area (Å²) in [5.41, 5.74) is 27.2. The molecule has 2 saturated carbocycles. The predicted octanol–water partition coefficient (Wildman–Crippen LogP) is 18.0. The van der Waals surface area contributed by atoms with Gasteiger partial charge in [-0.25, -0.2) is 0 Å². The third-order valence-electron chi connectivity index (χ3n) is 23.4. The number of para-hydroxylation sites is 1. The van der Waals surface area contributed by atoms with Crippen molar-refractivity contribution in [2.75, 3.05) is 14.7 Å². The van der Waals surface area contributed by atoms with Crippen LogP contribution in [-0.2, 0) is 43.3 Å². The van der Waals surface area contributed by atoms with Gasteiger partial charge in [0.15, 0.2) is 0 Å². The highest BCUT2D eigenvalue weighted by Crippen LogP contribution is 2.64. The van der Waals surface area contributed by atoms with Crippen LogP contribution in [-0.4, -0.2) is 12.3 Å². The number of nitrogens with zero attached hydrogens (tertiary/aromatic N) is 3. The van der Waals surface area contributed by atoms with Gasteiger partial charge in [0.1, 0.15) is 5.58 Å². The fourth-order valence-corrected chi connectivity index (χ4v) is 18.2. The summed E-state index contributed by atoms with van der Waals surface area (Å²) in [7, 11) is 0. The van der Waals surface area contributed by atoms with Crippen LogP contribution < -0.4 is 31.3 Å². The fourth-order valence-electron chi connectivity index (χ4n) is 18.2. The van der Waals surface area contributed by atoms with Gasteiger partial charge in [-0.05, 0) is 219 Å². The Morgan fingerprint density at radius 1 is 0.462 bits per heavy atom. The van der Waals surface area contributed by atoms with E-state index in [1.807, 2.05) is 0 Å². The van der Waals surface area contributed by atoms with Gasteiger partial charge in [0, 0.05) is 50.6 Å². The Labute approximate surface area is 467 Å². The zero-order valence-corrected chi connectivity index (χ0v) is 49.9. The minimum absolute atomic E-state index is 0.00104. The van der Waals surface area contributed by atoms with Gasteiger partial charge in [-0.15, -0.1) is 0 Å². The Morgan fingerprint density at radius 3 is 1.71 bits per heavy atom. The molecule has 8 aliphatic rings. The van der Waals surface area contributed by atoms with Crippen molar-refractivity contribution in [1.29, 1.82) is 0 Å².